The van der Waals surface area contributed by atoms with Gasteiger partial charge in [0.05, 0.1) is 0 Å². The number of carbonyl (C=O) groups excluding carboxylic acids is 1. The third-order valence-electron chi connectivity index (χ3n) is 7.93. The van der Waals surface area contributed by atoms with Gasteiger partial charge in [-0.15, -0.1) is 0 Å². The zero-order valence-electron chi connectivity index (χ0n) is 21.0. The fraction of sp³-hybridized carbons (Fsp3) is 0.769. The Labute approximate surface area is 203 Å². The molecule has 2 atom stereocenters. The van der Waals surface area contributed by atoms with E-state index in [0.717, 1.165) is 93.0 Å². The van der Waals surface area contributed by atoms with Crippen LogP contribution >= 0.6 is 0 Å². The van der Waals surface area contributed by atoms with Crippen LogP contribution in [-0.4, -0.2) is 69.6 Å². The molecule has 0 aromatic carbocycles. The quantitative estimate of drug-likeness (QED) is 0.657. The van der Waals surface area contributed by atoms with Crippen LogP contribution in [-0.2, 0) is 17.8 Å². The van der Waals surface area contributed by atoms with Crippen LogP contribution in [0.25, 0.3) is 11.2 Å². The maximum Gasteiger partial charge on any atom is 0.223 e. The summed E-state index contributed by atoms with van der Waals surface area (Å²) >= 11 is 0. The summed E-state index contributed by atoms with van der Waals surface area (Å²) in [5.74, 6) is 3.99. The largest absolute Gasteiger partial charge is 0.356 e. The molecule has 8 nitrogen and oxygen atoms in total. The van der Waals surface area contributed by atoms with Gasteiger partial charge in [-0.25, -0.2) is 15.0 Å². The highest BCUT2D eigenvalue weighted by molar-refractivity contribution is 5.84. The number of piperidine rings is 2. The maximum absolute atomic E-state index is 12.8. The standard InChI is InChI=1S/C26H41N7O/c1-19-15-20(2)17-31(16-19)11-6-10-27-26(34)21-8-13-32(14-9-21)24-23-25(29-18-28-24)33-12-5-3-4-7-22(33)30-23/h18-21H,3-17H2,1-2H3,(H,27,34)/t19-,20-/m0/s1. The molecule has 0 aliphatic carbocycles. The summed E-state index contributed by atoms with van der Waals surface area (Å²) in [7, 11) is 0. The average molecular weight is 468 g/mol. The Morgan fingerprint density at radius 2 is 1.85 bits per heavy atom. The molecule has 0 radical (unpaired) electrons. The predicted molar refractivity (Wildman–Crippen MR) is 135 cm³/mol. The van der Waals surface area contributed by atoms with Gasteiger partial charge in [-0.2, -0.15) is 0 Å². The van der Waals surface area contributed by atoms with Crippen molar-refractivity contribution in [2.24, 2.45) is 17.8 Å². The Bertz CT molecular complexity index is 971. The zero-order valence-corrected chi connectivity index (χ0v) is 21.0. The second kappa shape index (κ2) is 10.6. The van der Waals surface area contributed by atoms with Crippen LogP contribution in [0.4, 0.5) is 5.82 Å². The van der Waals surface area contributed by atoms with E-state index in [1.54, 1.807) is 6.33 Å². The number of rotatable bonds is 6. The van der Waals surface area contributed by atoms with Crippen LogP contribution in [0.1, 0.15) is 64.6 Å². The van der Waals surface area contributed by atoms with Gasteiger partial charge in [0.25, 0.3) is 0 Å². The Hall–Kier alpha value is -2.22. The second-order valence-corrected chi connectivity index (χ2v) is 11.0. The summed E-state index contributed by atoms with van der Waals surface area (Å²) in [6, 6.07) is 0. The molecule has 2 aromatic heterocycles. The number of imidazole rings is 1. The molecule has 3 aliphatic rings. The van der Waals surface area contributed by atoms with Crippen molar-refractivity contribution in [3.8, 4) is 0 Å². The fourth-order valence-corrected chi connectivity index (χ4v) is 6.34. The van der Waals surface area contributed by atoms with Crippen molar-refractivity contribution in [3.63, 3.8) is 0 Å². The molecule has 0 spiro atoms. The van der Waals surface area contributed by atoms with Gasteiger partial charge in [0.2, 0.25) is 5.91 Å². The molecule has 5 rings (SSSR count). The highest BCUT2D eigenvalue weighted by Crippen LogP contribution is 2.29. The zero-order chi connectivity index (χ0) is 23.5. The molecule has 34 heavy (non-hydrogen) atoms. The van der Waals surface area contributed by atoms with E-state index in [4.69, 9.17) is 4.98 Å². The van der Waals surface area contributed by atoms with Gasteiger partial charge in [-0.05, 0) is 56.9 Å². The summed E-state index contributed by atoms with van der Waals surface area (Å²) in [5, 5.41) is 3.21. The van der Waals surface area contributed by atoms with Gasteiger partial charge in [-0.1, -0.05) is 20.3 Å². The normalized spacial score (nSPS) is 24.7. The van der Waals surface area contributed by atoms with Gasteiger partial charge in [0.1, 0.15) is 12.2 Å². The van der Waals surface area contributed by atoms with Crippen LogP contribution in [0.3, 0.4) is 0 Å². The molecular weight excluding hydrogens is 426 g/mol. The van der Waals surface area contributed by atoms with E-state index in [2.05, 4.69) is 43.5 Å². The average Bonchev–Trinajstić information content (AvgIpc) is 3.02. The molecule has 8 heteroatoms. The lowest BCUT2D eigenvalue weighted by atomic mass is 9.92. The van der Waals surface area contributed by atoms with Gasteiger partial charge < -0.3 is 19.7 Å². The van der Waals surface area contributed by atoms with Crippen molar-refractivity contribution in [1.29, 1.82) is 0 Å². The third kappa shape index (κ3) is 5.21. The van der Waals surface area contributed by atoms with Gasteiger partial charge in [0.15, 0.2) is 17.0 Å². The van der Waals surface area contributed by atoms with E-state index in [9.17, 15) is 4.79 Å². The SMILES string of the molecule is C[C@H]1C[C@H](C)CN(CCCNC(=O)C2CCN(c3ncnc4c3nc3n4CCCCC3)CC2)C1. The van der Waals surface area contributed by atoms with Gasteiger partial charge in [-0.3, -0.25) is 4.79 Å². The molecule has 5 heterocycles. The number of anilines is 1. The van der Waals surface area contributed by atoms with Gasteiger partial charge in [0, 0.05) is 51.6 Å². The van der Waals surface area contributed by atoms with E-state index in [1.165, 1.54) is 38.8 Å². The molecular formula is C26H41N7O. The van der Waals surface area contributed by atoms with Crippen molar-refractivity contribution in [3.05, 3.63) is 12.2 Å². The summed E-state index contributed by atoms with van der Waals surface area (Å²) in [6.07, 6.45) is 10.5. The van der Waals surface area contributed by atoms with E-state index >= 15 is 0 Å². The lowest BCUT2D eigenvalue weighted by Gasteiger charge is -2.35. The van der Waals surface area contributed by atoms with Crippen molar-refractivity contribution in [2.75, 3.05) is 44.2 Å². The minimum absolute atomic E-state index is 0.0994. The Balaban J connectivity index is 1.11. The first-order valence-corrected chi connectivity index (χ1v) is 13.5. The highest BCUT2D eigenvalue weighted by Gasteiger charge is 2.28. The molecule has 2 saturated heterocycles. The first kappa shape index (κ1) is 23.5. The number of nitrogens with zero attached hydrogens (tertiary/aromatic N) is 6. The highest BCUT2D eigenvalue weighted by atomic mass is 16.1. The number of aryl methyl sites for hydroxylation is 2. The number of amides is 1. The van der Waals surface area contributed by atoms with E-state index in [0.29, 0.717) is 0 Å². The lowest BCUT2D eigenvalue weighted by Crippen LogP contribution is -2.42. The minimum Gasteiger partial charge on any atom is -0.356 e. The molecule has 2 fully saturated rings. The summed E-state index contributed by atoms with van der Waals surface area (Å²) < 4.78 is 2.29. The lowest BCUT2D eigenvalue weighted by molar-refractivity contribution is -0.125. The number of nitrogens with one attached hydrogen (secondary N) is 1. The van der Waals surface area contributed by atoms with Crippen LogP contribution in [0, 0.1) is 17.8 Å². The molecule has 186 valence electrons. The Kier molecular flexibility index (Phi) is 7.32. The molecule has 1 N–H and O–H groups in total. The molecule has 2 aromatic rings. The van der Waals surface area contributed by atoms with Crippen molar-refractivity contribution >= 4 is 22.9 Å². The second-order valence-electron chi connectivity index (χ2n) is 11.0. The number of carbonyl (C=O) groups is 1. The van der Waals surface area contributed by atoms with Crippen LogP contribution in [0.2, 0.25) is 0 Å². The fourth-order valence-electron chi connectivity index (χ4n) is 6.34. The first-order valence-electron chi connectivity index (χ1n) is 13.5. The van der Waals surface area contributed by atoms with E-state index in [-0.39, 0.29) is 11.8 Å². The van der Waals surface area contributed by atoms with Crippen LogP contribution in [0.5, 0.6) is 0 Å². The number of likely N-dealkylation sites (tertiary alicyclic amines) is 1. The van der Waals surface area contributed by atoms with Crippen molar-refractivity contribution < 1.29 is 4.79 Å². The molecule has 1 amide bonds. The number of hydrogen-bond donors (Lipinski definition) is 1. The monoisotopic (exact) mass is 467 g/mol. The number of aromatic nitrogens is 4. The minimum atomic E-state index is 0.0994. The predicted octanol–water partition coefficient (Wildman–Crippen LogP) is 3.25. The van der Waals surface area contributed by atoms with Crippen molar-refractivity contribution in [1.82, 2.24) is 29.7 Å². The maximum atomic E-state index is 12.8. The summed E-state index contributed by atoms with van der Waals surface area (Å²) in [4.78, 5) is 31.8. The molecule has 0 bridgehead atoms. The van der Waals surface area contributed by atoms with Gasteiger partial charge >= 0.3 is 0 Å². The summed E-state index contributed by atoms with van der Waals surface area (Å²) in [5.41, 5.74) is 1.91. The molecule has 0 saturated carbocycles. The van der Waals surface area contributed by atoms with Crippen molar-refractivity contribution in [2.45, 2.75) is 71.8 Å². The van der Waals surface area contributed by atoms with Crippen LogP contribution < -0.4 is 10.2 Å². The van der Waals surface area contributed by atoms with E-state index in [1.807, 2.05) is 0 Å². The molecule has 0 unspecified atom stereocenters. The Morgan fingerprint density at radius 1 is 1.06 bits per heavy atom. The van der Waals surface area contributed by atoms with Crippen LogP contribution in [0.15, 0.2) is 6.33 Å². The third-order valence-corrected chi connectivity index (χ3v) is 7.93. The van der Waals surface area contributed by atoms with E-state index < -0.39 is 0 Å². The summed E-state index contributed by atoms with van der Waals surface area (Å²) in [6.45, 7) is 11.7. The first-order chi connectivity index (χ1) is 16.6. The molecule has 3 aliphatic heterocycles. The smallest absolute Gasteiger partial charge is 0.223 e. The number of fused-ring (bicyclic) bond motifs is 3. The topological polar surface area (TPSA) is 79.2 Å². The Morgan fingerprint density at radius 3 is 2.65 bits per heavy atom. The number of hydrogen-bond acceptors (Lipinski definition) is 6.